The Labute approximate surface area is 85.1 Å². The summed E-state index contributed by atoms with van der Waals surface area (Å²) >= 11 is 0. The molecule has 14 heavy (non-hydrogen) atoms. The molecule has 0 aromatic carbocycles. The lowest BCUT2D eigenvalue weighted by Crippen LogP contribution is -2.32. The normalized spacial score (nSPS) is 14.7. The number of nitrogens with one attached hydrogen (secondary N) is 1. The van der Waals surface area contributed by atoms with Crippen LogP contribution >= 0.6 is 0 Å². The molecule has 0 aliphatic carbocycles. The number of furan rings is 1. The van der Waals surface area contributed by atoms with E-state index in [9.17, 15) is 9.00 Å². The third kappa shape index (κ3) is 2.99. The van der Waals surface area contributed by atoms with Crippen molar-refractivity contribution < 1.29 is 13.4 Å². The molecule has 1 aromatic heterocycles. The van der Waals surface area contributed by atoms with E-state index in [0.29, 0.717) is 6.54 Å². The molecule has 0 saturated carbocycles. The molecule has 0 bridgehead atoms. The van der Waals surface area contributed by atoms with Gasteiger partial charge < -0.3 is 9.73 Å². The van der Waals surface area contributed by atoms with E-state index >= 15 is 0 Å². The highest BCUT2D eigenvalue weighted by Crippen LogP contribution is 1.99. The molecule has 0 spiro atoms. The number of carbonyl (C=O) groups is 1. The molecule has 78 valence electrons. The molecule has 2 atom stereocenters. The minimum atomic E-state index is -0.919. The van der Waals surface area contributed by atoms with Crippen molar-refractivity contribution in [1.29, 1.82) is 0 Å². The second-order valence-corrected chi connectivity index (χ2v) is 4.80. The molecule has 1 N–H and O–H groups in total. The van der Waals surface area contributed by atoms with Crippen molar-refractivity contribution in [3.63, 3.8) is 0 Å². The fourth-order valence-electron chi connectivity index (χ4n) is 0.849. The van der Waals surface area contributed by atoms with E-state index in [1.807, 2.05) is 6.92 Å². The zero-order chi connectivity index (χ0) is 10.6. The van der Waals surface area contributed by atoms with Gasteiger partial charge in [0.1, 0.15) is 0 Å². The fraction of sp³-hybridized carbons (Fsp3) is 0.444. The van der Waals surface area contributed by atoms with Crippen LogP contribution in [-0.4, -0.2) is 28.2 Å². The van der Waals surface area contributed by atoms with Gasteiger partial charge in [-0.3, -0.25) is 9.00 Å². The van der Waals surface area contributed by atoms with E-state index in [1.54, 1.807) is 18.4 Å². The van der Waals surface area contributed by atoms with E-state index in [1.165, 1.54) is 6.26 Å². The summed E-state index contributed by atoms with van der Waals surface area (Å²) in [7, 11) is -0.919. The Morgan fingerprint density at radius 1 is 1.71 bits per heavy atom. The first-order valence-electron chi connectivity index (χ1n) is 4.25. The molecule has 2 unspecified atom stereocenters. The number of carbonyl (C=O) groups excluding carboxylic acids is 1. The van der Waals surface area contributed by atoms with Crippen LogP contribution in [-0.2, 0) is 10.8 Å². The van der Waals surface area contributed by atoms with E-state index in [2.05, 4.69) is 5.32 Å². The molecule has 1 amide bonds. The van der Waals surface area contributed by atoms with E-state index in [4.69, 9.17) is 4.42 Å². The summed E-state index contributed by atoms with van der Waals surface area (Å²) in [6.07, 6.45) is 3.06. The van der Waals surface area contributed by atoms with Crippen LogP contribution < -0.4 is 5.32 Å². The van der Waals surface area contributed by atoms with Gasteiger partial charge in [-0.25, -0.2) is 0 Å². The fourth-order valence-corrected chi connectivity index (χ4v) is 1.17. The summed E-state index contributed by atoms with van der Waals surface area (Å²) < 4.78 is 15.9. The highest BCUT2D eigenvalue weighted by Gasteiger charge is 2.11. The predicted molar refractivity (Wildman–Crippen MR) is 54.6 cm³/mol. The average Bonchev–Trinajstić information content (AvgIpc) is 2.66. The molecule has 1 aromatic rings. The third-order valence-electron chi connectivity index (χ3n) is 1.86. The number of amides is 1. The van der Waals surface area contributed by atoms with Crippen molar-refractivity contribution in [2.45, 2.75) is 12.2 Å². The van der Waals surface area contributed by atoms with Crippen LogP contribution in [0.1, 0.15) is 17.5 Å². The first-order valence-corrected chi connectivity index (χ1v) is 5.87. The van der Waals surface area contributed by atoms with Crippen LogP contribution in [0.15, 0.2) is 22.8 Å². The highest BCUT2D eigenvalue weighted by molar-refractivity contribution is 7.84. The maximum absolute atomic E-state index is 11.3. The van der Waals surface area contributed by atoms with Gasteiger partial charge in [-0.15, -0.1) is 0 Å². The summed E-state index contributed by atoms with van der Waals surface area (Å²) in [5, 5.41) is 2.59. The number of hydrogen-bond donors (Lipinski definition) is 1. The van der Waals surface area contributed by atoms with Crippen LogP contribution in [0, 0.1) is 0 Å². The van der Waals surface area contributed by atoms with Crippen LogP contribution in [0.2, 0.25) is 0 Å². The van der Waals surface area contributed by atoms with Gasteiger partial charge in [0, 0.05) is 28.9 Å². The Hall–Kier alpha value is -1.10. The smallest absolute Gasteiger partial charge is 0.287 e. The SMILES string of the molecule is CC(CNC(=O)c1ccco1)S(C)=O. The molecule has 0 saturated heterocycles. The molecule has 0 aliphatic rings. The topological polar surface area (TPSA) is 59.3 Å². The second kappa shape index (κ2) is 4.95. The minimum absolute atomic E-state index is 0.0473. The van der Waals surface area contributed by atoms with Gasteiger partial charge in [0.25, 0.3) is 5.91 Å². The largest absolute Gasteiger partial charge is 0.459 e. The molecule has 0 radical (unpaired) electrons. The second-order valence-electron chi connectivity index (χ2n) is 3.00. The minimum Gasteiger partial charge on any atom is -0.459 e. The van der Waals surface area contributed by atoms with Crippen molar-refractivity contribution >= 4 is 16.7 Å². The van der Waals surface area contributed by atoms with Crippen LogP contribution in [0.5, 0.6) is 0 Å². The predicted octanol–water partition coefficient (Wildman–Crippen LogP) is 0.776. The molecule has 1 heterocycles. The average molecular weight is 215 g/mol. The highest BCUT2D eigenvalue weighted by atomic mass is 32.2. The Bertz CT molecular complexity index is 321. The maximum atomic E-state index is 11.3. The first kappa shape index (κ1) is 11.0. The van der Waals surface area contributed by atoms with Crippen LogP contribution in [0.4, 0.5) is 0 Å². The Kier molecular flexibility index (Phi) is 3.88. The Morgan fingerprint density at radius 3 is 2.93 bits per heavy atom. The zero-order valence-electron chi connectivity index (χ0n) is 8.15. The summed E-state index contributed by atoms with van der Waals surface area (Å²) in [5.41, 5.74) is 0. The van der Waals surface area contributed by atoms with Gasteiger partial charge in [0.2, 0.25) is 0 Å². The summed E-state index contributed by atoms with van der Waals surface area (Å²) in [5.74, 6) is 0.00591. The summed E-state index contributed by atoms with van der Waals surface area (Å²) in [4.78, 5) is 11.3. The first-order chi connectivity index (χ1) is 6.61. The third-order valence-corrected chi connectivity index (χ3v) is 3.16. The quantitative estimate of drug-likeness (QED) is 0.807. The molecular weight excluding hydrogens is 202 g/mol. The molecule has 4 nitrogen and oxygen atoms in total. The molecule has 0 fully saturated rings. The van der Waals surface area contributed by atoms with E-state index < -0.39 is 10.8 Å². The lowest BCUT2D eigenvalue weighted by Gasteiger charge is -2.08. The molecule has 0 aliphatic heterocycles. The molecule has 1 rings (SSSR count). The van der Waals surface area contributed by atoms with Crippen molar-refractivity contribution in [3.8, 4) is 0 Å². The summed E-state index contributed by atoms with van der Waals surface area (Å²) in [6.45, 7) is 2.21. The van der Waals surface area contributed by atoms with Gasteiger partial charge in [-0.2, -0.15) is 0 Å². The zero-order valence-corrected chi connectivity index (χ0v) is 8.97. The van der Waals surface area contributed by atoms with Gasteiger partial charge >= 0.3 is 0 Å². The number of hydrogen-bond acceptors (Lipinski definition) is 3. The Morgan fingerprint density at radius 2 is 2.43 bits per heavy atom. The van der Waals surface area contributed by atoms with Crippen LogP contribution in [0.25, 0.3) is 0 Å². The van der Waals surface area contributed by atoms with E-state index in [-0.39, 0.29) is 16.9 Å². The van der Waals surface area contributed by atoms with Gasteiger partial charge in [0.15, 0.2) is 5.76 Å². The van der Waals surface area contributed by atoms with Gasteiger partial charge in [-0.1, -0.05) is 0 Å². The maximum Gasteiger partial charge on any atom is 0.287 e. The van der Waals surface area contributed by atoms with Gasteiger partial charge in [0.05, 0.1) is 6.26 Å². The van der Waals surface area contributed by atoms with Gasteiger partial charge in [-0.05, 0) is 19.1 Å². The molecular formula is C9H13NO3S. The Balaban J connectivity index is 2.40. The van der Waals surface area contributed by atoms with Crippen molar-refractivity contribution in [3.05, 3.63) is 24.2 Å². The summed E-state index contributed by atoms with van der Waals surface area (Å²) in [6, 6.07) is 3.24. The number of rotatable bonds is 4. The van der Waals surface area contributed by atoms with Crippen molar-refractivity contribution in [2.24, 2.45) is 0 Å². The lowest BCUT2D eigenvalue weighted by atomic mass is 10.4. The van der Waals surface area contributed by atoms with E-state index in [0.717, 1.165) is 0 Å². The van der Waals surface area contributed by atoms with Crippen molar-refractivity contribution in [2.75, 3.05) is 12.8 Å². The van der Waals surface area contributed by atoms with Crippen LogP contribution in [0.3, 0.4) is 0 Å². The van der Waals surface area contributed by atoms with Crippen molar-refractivity contribution in [1.82, 2.24) is 5.32 Å². The standard InChI is InChI=1S/C9H13NO3S/c1-7(14(2)12)6-10-9(11)8-4-3-5-13-8/h3-5,7H,6H2,1-2H3,(H,10,11). The molecule has 5 heteroatoms. The monoisotopic (exact) mass is 215 g/mol. The lowest BCUT2D eigenvalue weighted by molar-refractivity contribution is 0.0926.